The van der Waals surface area contributed by atoms with Crippen LogP contribution in [0.25, 0.3) is 10.9 Å². The van der Waals surface area contributed by atoms with Gasteiger partial charge in [-0.1, -0.05) is 0 Å². The van der Waals surface area contributed by atoms with Crippen molar-refractivity contribution < 1.29 is 27.1 Å². The molecule has 138 valence electrons. The third-order valence-corrected chi connectivity index (χ3v) is 4.23. The van der Waals surface area contributed by atoms with Crippen molar-refractivity contribution in [3.63, 3.8) is 0 Å². The zero-order valence-electron chi connectivity index (χ0n) is 13.2. The molecule has 2 N–H and O–H groups in total. The highest BCUT2D eigenvalue weighted by Gasteiger charge is 2.37. The number of anilines is 1. The number of aromatic nitrogens is 1. The van der Waals surface area contributed by atoms with Crippen LogP contribution in [0.2, 0.25) is 0 Å². The van der Waals surface area contributed by atoms with Crippen molar-refractivity contribution in [2.24, 2.45) is 5.18 Å². The lowest BCUT2D eigenvalue weighted by Crippen LogP contribution is -2.17. The highest BCUT2D eigenvalue weighted by Crippen LogP contribution is 2.44. The minimum absolute atomic E-state index is 0.0611. The Morgan fingerprint density at radius 2 is 1.89 bits per heavy atom. The van der Waals surface area contributed by atoms with Gasteiger partial charge in [-0.3, -0.25) is 4.79 Å². The first-order valence-corrected chi connectivity index (χ1v) is 7.62. The van der Waals surface area contributed by atoms with Crippen molar-refractivity contribution in [2.45, 2.75) is 12.3 Å². The van der Waals surface area contributed by atoms with Gasteiger partial charge in [0.25, 0.3) is 0 Å². The summed E-state index contributed by atoms with van der Waals surface area (Å²) in [6.45, 7) is 0. The fourth-order valence-electron chi connectivity index (χ4n) is 3.20. The minimum Gasteiger partial charge on any atom is -0.406 e. The molecule has 1 atom stereocenters. The van der Waals surface area contributed by atoms with Gasteiger partial charge in [0.1, 0.15) is 23.2 Å². The predicted molar refractivity (Wildman–Crippen MR) is 87.3 cm³/mol. The maximum absolute atomic E-state index is 13.5. The number of H-pyrrole nitrogens is 1. The molecule has 1 aromatic heterocycles. The molecule has 0 saturated heterocycles. The fraction of sp³-hybridized carbons (Fsp3) is 0.118. The summed E-state index contributed by atoms with van der Waals surface area (Å²) in [5.74, 6) is -2.80. The van der Waals surface area contributed by atoms with Crippen LogP contribution < -0.4 is 10.1 Å². The Hall–Kier alpha value is -3.43. The number of halogens is 4. The number of rotatable bonds is 3. The van der Waals surface area contributed by atoms with E-state index in [0.717, 1.165) is 24.3 Å². The number of carbonyl (C=O) groups excluding carboxylic acids is 1. The number of nitrogens with one attached hydrogen (secondary N) is 2. The standard InChI is InChI=1S/C17H9F4N3O3/c18-7-1-3-12-10(5-7)14(24-26)15(22-12)13-9-6-8(27-17(19,20)21)2-4-11(9)23-16(13)25/h1-6,13,22H,(H,23,25). The number of nitroso groups, excluding NO2 is 1. The van der Waals surface area contributed by atoms with Crippen molar-refractivity contribution in [1.82, 2.24) is 4.98 Å². The highest BCUT2D eigenvalue weighted by molar-refractivity contribution is 6.07. The summed E-state index contributed by atoms with van der Waals surface area (Å²) in [5.41, 5.74) is 0.704. The van der Waals surface area contributed by atoms with Crippen molar-refractivity contribution >= 4 is 28.2 Å². The molecular weight excluding hydrogens is 370 g/mol. The molecule has 27 heavy (non-hydrogen) atoms. The van der Waals surface area contributed by atoms with Crippen molar-refractivity contribution in [1.29, 1.82) is 0 Å². The van der Waals surface area contributed by atoms with Gasteiger partial charge in [-0.05, 0) is 47.1 Å². The molecule has 6 nitrogen and oxygen atoms in total. The van der Waals surface area contributed by atoms with Gasteiger partial charge in [-0.2, -0.15) is 0 Å². The monoisotopic (exact) mass is 379 g/mol. The average Bonchev–Trinajstić information content (AvgIpc) is 3.08. The normalized spacial score (nSPS) is 16.3. The average molecular weight is 379 g/mol. The predicted octanol–water partition coefficient (Wildman–Crippen LogP) is 4.69. The third kappa shape index (κ3) is 2.88. The van der Waals surface area contributed by atoms with Crippen LogP contribution in [0.15, 0.2) is 41.6 Å². The first-order valence-electron chi connectivity index (χ1n) is 7.62. The summed E-state index contributed by atoms with van der Waals surface area (Å²) in [5, 5.41) is 5.59. The largest absolute Gasteiger partial charge is 0.573 e. The van der Waals surface area contributed by atoms with Crippen LogP contribution in [-0.4, -0.2) is 17.3 Å². The fourth-order valence-corrected chi connectivity index (χ4v) is 3.20. The Morgan fingerprint density at radius 1 is 1.11 bits per heavy atom. The lowest BCUT2D eigenvalue weighted by molar-refractivity contribution is -0.274. The van der Waals surface area contributed by atoms with E-state index < -0.39 is 29.8 Å². The van der Waals surface area contributed by atoms with Crippen LogP contribution in [0, 0.1) is 10.7 Å². The molecule has 2 heterocycles. The number of alkyl halides is 3. The van der Waals surface area contributed by atoms with E-state index in [2.05, 4.69) is 20.2 Å². The highest BCUT2D eigenvalue weighted by atomic mass is 19.4. The van der Waals surface area contributed by atoms with E-state index >= 15 is 0 Å². The Labute approximate surface area is 148 Å². The molecule has 0 radical (unpaired) electrons. The number of hydrogen-bond acceptors (Lipinski definition) is 4. The quantitative estimate of drug-likeness (QED) is 0.512. The number of hydrogen-bond donors (Lipinski definition) is 2. The number of aromatic amines is 1. The topological polar surface area (TPSA) is 83.6 Å². The first kappa shape index (κ1) is 17.0. The van der Waals surface area contributed by atoms with Crippen LogP contribution in [0.1, 0.15) is 17.2 Å². The Balaban J connectivity index is 1.87. The number of fused-ring (bicyclic) bond motifs is 2. The number of carbonyl (C=O) groups is 1. The van der Waals surface area contributed by atoms with E-state index in [1.165, 1.54) is 12.1 Å². The smallest absolute Gasteiger partial charge is 0.406 e. The number of ether oxygens (including phenoxy) is 1. The van der Waals surface area contributed by atoms with Gasteiger partial charge in [-0.15, -0.1) is 18.1 Å². The number of benzene rings is 2. The zero-order valence-corrected chi connectivity index (χ0v) is 13.2. The molecule has 10 heteroatoms. The van der Waals surface area contributed by atoms with E-state index in [1.54, 1.807) is 0 Å². The van der Waals surface area contributed by atoms with Crippen LogP contribution >= 0.6 is 0 Å². The van der Waals surface area contributed by atoms with E-state index in [0.29, 0.717) is 5.52 Å². The van der Waals surface area contributed by atoms with Crippen LogP contribution in [0.4, 0.5) is 28.9 Å². The van der Waals surface area contributed by atoms with Gasteiger partial charge in [0, 0.05) is 16.6 Å². The summed E-state index contributed by atoms with van der Waals surface area (Å²) >= 11 is 0. The Bertz CT molecular complexity index is 1090. The molecule has 0 fully saturated rings. The van der Waals surface area contributed by atoms with Crippen LogP contribution in [0.5, 0.6) is 5.75 Å². The second-order valence-electron chi connectivity index (χ2n) is 5.89. The maximum atomic E-state index is 13.5. The van der Waals surface area contributed by atoms with Crippen LogP contribution in [-0.2, 0) is 4.79 Å². The number of nitrogens with zero attached hydrogens (tertiary/aromatic N) is 1. The zero-order chi connectivity index (χ0) is 19.3. The first-order chi connectivity index (χ1) is 12.8. The summed E-state index contributed by atoms with van der Waals surface area (Å²) in [7, 11) is 0. The third-order valence-electron chi connectivity index (χ3n) is 4.23. The van der Waals surface area contributed by atoms with Crippen LogP contribution in [0.3, 0.4) is 0 Å². The van der Waals surface area contributed by atoms with Gasteiger partial charge >= 0.3 is 6.36 Å². The molecule has 0 aliphatic carbocycles. The number of amides is 1. The van der Waals surface area contributed by atoms with E-state index in [1.807, 2.05) is 0 Å². The molecule has 0 saturated carbocycles. The molecule has 2 aromatic carbocycles. The van der Waals surface area contributed by atoms with E-state index in [-0.39, 0.29) is 28.0 Å². The molecule has 0 bridgehead atoms. The SMILES string of the molecule is O=Nc1c(C2C(=O)Nc3ccc(OC(F)(F)F)cc32)[nH]c2ccc(F)cc12. The summed E-state index contributed by atoms with van der Waals surface area (Å²) < 4.78 is 54.8. The van der Waals surface area contributed by atoms with E-state index in [9.17, 15) is 27.3 Å². The molecule has 1 amide bonds. The Morgan fingerprint density at radius 3 is 2.59 bits per heavy atom. The lowest BCUT2D eigenvalue weighted by Gasteiger charge is -2.12. The van der Waals surface area contributed by atoms with Gasteiger partial charge in [0.05, 0.1) is 5.69 Å². The van der Waals surface area contributed by atoms with Gasteiger partial charge < -0.3 is 15.0 Å². The second kappa shape index (κ2) is 5.79. The van der Waals surface area contributed by atoms with Gasteiger partial charge in [0.2, 0.25) is 5.91 Å². The summed E-state index contributed by atoms with van der Waals surface area (Å²) in [6, 6.07) is 7.02. The molecule has 1 unspecified atom stereocenters. The lowest BCUT2D eigenvalue weighted by atomic mass is 9.96. The summed E-state index contributed by atoms with van der Waals surface area (Å²) in [6.07, 6.45) is -4.89. The minimum atomic E-state index is -4.89. The van der Waals surface area contributed by atoms with Gasteiger partial charge in [0.15, 0.2) is 0 Å². The molecule has 3 aromatic rings. The molecule has 1 aliphatic heterocycles. The molecule has 4 rings (SSSR count). The maximum Gasteiger partial charge on any atom is 0.573 e. The molecular formula is C17H9F4N3O3. The summed E-state index contributed by atoms with van der Waals surface area (Å²) in [4.78, 5) is 26.6. The van der Waals surface area contributed by atoms with E-state index in [4.69, 9.17) is 0 Å². The van der Waals surface area contributed by atoms with Crippen molar-refractivity contribution in [3.05, 3.63) is 58.4 Å². The van der Waals surface area contributed by atoms with Gasteiger partial charge in [-0.25, -0.2) is 4.39 Å². The second-order valence-corrected chi connectivity index (χ2v) is 5.89. The Kier molecular flexibility index (Phi) is 3.65. The molecule has 0 spiro atoms. The van der Waals surface area contributed by atoms with Crippen molar-refractivity contribution in [3.8, 4) is 5.75 Å². The molecule has 1 aliphatic rings. The van der Waals surface area contributed by atoms with Crippen molar-refractivity contribution in [2.75, 3.05) is 5.32 Å².